The van der Waals surface area contributed by atoms with Gasteiger partial charge >= 0.3 is 0 Å². The average Bonchev–Trinajstić information content (AvgIpc) is 2.58. The molecule has 140 valence electrons. The minimum atomic E-state index is 0.867. The van der Waals surface area contributed by atoms with Gasteiger partial charge in [0.05, 0.1) is 20.8 Å². The van der Waals surface area contributed by atoms with E-state index in [1.54, 1.807) is 19.4 Å². The lowest BCUT2D eigenvalue weighted by Gasteiger charge is -2.15. The van der Waals surface area contributed by atoms with Gasteiger partial charge in [0.25, 0.3) is 0 Å². The second-order valence-electron chi connectivity index (χ2n) is 6.72. The molecule has 0 saturated carbocycles. The zero-order valence-electron chi connectivity index (χ0n) is 16.3. The fourth-order valence-corrected chi connectivity index (χ4v) is 3.05. The molecule has 0 spiro atoms. The first-order valence-corrected chi connectivity index (χ1v) is 10.2. The Hall–Kier alpha value is -0.120. The van der Waals surface area contributed by atoms with Gasteiger partial charge in [0.1, 0.15) is 0 Å². The van der Waals surface area contributed by atoms with E-state index < -0.39 is 0 Å². The quantitative estimate of drug-likeness (QED) is 0.195. The minimum Gasteiger partial charge on any atom is -0.278 e. The lowest BCUT2D eigenvalue weighted by Crippen LogP contribution is -2.21. The van der Waals surface area contributed by atoms with E-state index in [-0.39, 0.29) is 0 Å². The smallest absolute Gasteiger partial charge is 0.0601 e. The molecule has 0 heterocycles. The Kier molecular flexibility index (Phi) is 19.8. The summed E-state index contributed by atoms with van der Waals surface area (Å²) in [5, 5.41) is 1.55. The van der Waals surface area contributed by atoms with Crippen LogP contribution in [0.25, 0.3) is 0 Å². The molecule has 0 aliphatic heterocycles. The highest BCUT2D eigenvalue weighted by Crippen LogP contribution is 2.13. The van der Waals surface area contributed by atoms with Crippen LogP contribution >= 0.6 is 0 Å². The van der Waals surface area contributed by atoms with Crippen LogP contribution in [0, 0.1) is 0 Å². The number of hydroxylamine groups is 2. The molecule has 0 aliphatic carbocycles. The van der Waals surface area contributed by atoms with Gasteiger partial charge in [0, 0.05) is 0 Å². The molecule has 0 bridgehead atoms. The van der Waals surface area contributed by atoms with E-state index in [9.17, 15) is 0 Å². The molecular formula is C20H43NO2. The maximum atomic E-state index is 5.03. The average molecular weight is 330 g/mol. The van der Waals surface area contributed by atoms with Crippen molar-refractivity contribution >= 4 is 0 Å². The maximum Gasteiger partial charge on any atom is 0.0601 e. The second-order valence-corrected chi connectivity index (χ2v) is 6.72. The predicted molar refractivity (Wildman–Crippen MR) is 100 cm³/mol. The van der Waals surface area contributed by atoms with Crippen molar-refractivity contribution in [3.8, 4) is 0 Å². The monoisotopic (exact) mass is 329 g/mol. The molecule has 0 aromatic rings. The summed E-state index contributed by atoms with van der Waals surface area (Å²) in [4.78, 5) is 10.1. The van der Waals surface area contributed by atoms with Crippen molar-refractivity contribution < 1.29 is 9.68 Å². The summed E-state index contributed by atoms with van der Waals surface area (Å²) in [7, 11) is 3.30. The van der Waals surface area contributed by atoms with Crippen LogP contribution < -0.4 is 0 Å². The van der Waals surface area contributed by atoms with Crippen LogP contribution in [-0.2, 0) is 9.68 Å². The molecule has 0 aromatic heterocycles. The van der Waals surface area contributed by atoms with E-state index in [1.807, 2.05) is 0 Å². The number of rotatable bonds is 19. The fourth-order valence-electron chi connectivity index (χ4n) is 3.05. The molecule has 0 N–H and O–H groups in total. The van der Waals surface area contributed by atoms with Gasteiger partial charge in [-0.1, -0.05) is 108 Å². The van der Waals surface area contributed by atoms with Gasteiger partial charge in [0.15, 0.2) is 0 Å². The lowest BCUT2D eigenvalue weighted by molar-refractivity contribution is -0.342. The molecule has 0 saturated heterocycles. The number of hydrogen-bond acceptors (Lipinski definition) is 3. The van der Waals surface area contributed by atoms with Crippen molar-refractivity contribution in [1.82, 2.24) is 5.23 Å². The molecule has 23 heavy (non-hydrogen) atoms. The summed E-state index contributed by atoms with van der Waals surface area (Å²) in [6, 6.07) is 0. The van der Waals surface area contributed by atoms with Crippen molar-refractivity contribution in [2.75, 3.05) is 20.8 Å². The summed E-state index contributed by atoms with van der Waals surface area (Å²) in [6.45, 7) is 3.15. The Morgan fingerprint density at radius 1 is 0.478 bits per heavy atom. The Morgan fingerprint density at radius 2 is 0.783 bits per heavy atom. The molecule has 3 nitrogen and oxygen atoms in total. The van der Waals surface area contributed by atoms with E-state index in [2.05, 4.69) is 6.92 Å². The van der Waals surface area contributed by atoms with Crippen LogP contribution in [0.3, 0.4) is 0 Å². The van der Waals surface area contributed by atoms with Gasteiger partial charge < -0.3 is 0 Å². The zero-order chi connectivity index (χ0) is 17.0. The number of hydrogen-bond donors (Lipinski definition) is 0. The largest absolute Gasteiger partial charge is 0.278 e. The van der Waals surface area contributed by atoms with E-state index >= 15 is 0 Å². The maximum absolute atomic E-state index is 5.03. The van der Waals surface area contributed by atoms with Crippen LogP contribution in [0.2, 0.25) is 0 Å². The van der Waals surface area contributed by atoms with Crippen molar-refractivity contribution in [3.63, 3.8) is 0 Å². The summed E-state index contributed by atoms with van der Waals surface area (Å²) in [5.74, 6) is 0. The zero-order valence-corrected chi connectivity index (χ0v) is 16.3. The van der Waals surface area contributed by atoms with Crippen molar-refractivity contribution in [3.05, 3.63) is 0 Å². The van der Waals surface area contributed by atoms with Crippen LogP contribution in [-0.4, -0.2) is 26.0 Å². The van der Waals surface area contributed by atoms with Crippen molar-refractivity contribution in [1.29, 1.82) is 0 Å². The first-order valence-electron chi connectivity index (χ1n) is 10.2. The molecule has 0 aromatic carbocycles. The molecule has 0 unspecified atom stereocenters. The predicted octanol–water partition coefficient (Wildman–Crippen LogP) is 6.67. The third-order valence-electron chi connectivity index (χ3n) is 4.60. The van der Waals surface area contributed by atoms with Crippen LogP contribution in [0.15, 0.2) is 0 Å². The Morgan fingerprint density at radius 3 is 1.09 bits per heavy atom. The third kappa shape index (κ3) is 18.1. The summed E-state index contributed by atoms with van der Waals surface area (Å²) >= 11 is 0. The highest BCUT2D eigenvalue weighted by Gasteiger charge is 2.00. The fraction of sp³-hybridized carbons (Fsp3) is 1.00. The lowest BCUT2D eigenvalue weighted by atomic mass is 10.0. The van der Waals surface area contributed by atoms with E-state index in [4.69, 9.17) is 9.68 Å². The first-order chi connectivity index (χ1) is 11.3. The highest BCUT2D eigenvalue weighted by atomic mass is 16.9. The second kappa shape index (κ2) is 19.9. The number of unbranched alkanes of at least 4 members (excludes halogenated alkanes) is 15. The molecule has 0 aliphatic rings. The molecule has 0 rings (SSSR count). The molecule has 3 heteroatoms. The topological polar surface area (TPSA) is 21.7 Å². The minimum absolute atomic E-state index is 0.867. The summed E-state index contributed by atoms with van der Waals surface area (Å²) < 4.78 is 0. The Bertz CT molecular complexity index is 208. The molecule has 0 amide bonds. The van der Waals surface area contributed by atoms with Gasteiger partial charge in [-0.2, -0.15) is 0 Å². The summed E-state index contributed by atoms with van der Waals surface area (Å²) in [6.07, 6.45) is 22.4. The van der Waals surface area contributed by atoms with Crippen LogP contribution in [0.5, 0.6) is 0 Å². The third-order valence-corrected chi connectivity index (χ3v) is 4.60. The summed E-state index contributed by atoms with van der Waals surface area (Å²) in [5.41, 5.74) is 0. The molecule has 0 atom stereocenters. The SMILES string of the molecule is CCCCCCCCCCCCCCCCCCN(OC)OC. The molecule has 0 fully saturated rings. The Labute approximate surface area is 146 Å². The van der Waals surface area contributed by atoms with E-state index in [1.165, 1.54) is 96.3 Å². The van der Waals surface area contributed by atoms with Gasteiger partial charge in [-0.15, -0.1) is 0 Å². The normalized spacial score (nSPS) is 11.5. The van der Waals surface area contributed by atoms with Crippen LogP contribution in [0.4, 0.5) is 0 Å². The van der Waals surface area contributed by atoms with Gasteiger partial charge in [-0.3, -0.25) is 9.68 Å². The van der Waals surface area contributed by atoms with Crippen molar-refractivity contribution in [2.24, 2.45) is 0 Å². The Balaban J connectivity index is 3.02. The van der Waals surface area contributed by atoms with Gasteiger partial charge in [-0.25, -0.2) is 0 Å². The van der Waals surface area contributed by atoms with Gasteiger partial charge in [0.2, 0.25) is 0 Å². The molecule has 0 radical (unpaired) electrons. The number of nitrogens with zero attached hydrogens (tertiary/aromatic N) is 1. The van der Waals surface area contributed by atoms with Crippen molar-refractivity contribution in [2.45, 2.75) is 110 Å². The highest BCUT2D eigenvalue weighted by molar-refractivity contribution is 4.50. The molecular weight excluding hydrogens is 286 g/mol. The van der Waals surface area contributed by atoms with E-state index in [0.29, 0.717) is 0 Å². The first kappa shape index (κ1) is 22.9. The van der Waals surface area contributed by atoms with E-state index in [0.717, 1.165) is 13.0 Å². The van der Waals surface area contributed by atoms with Gasteiger partial charge in [-0.05, 0) is 6.42 Å². The van der Waals surface area contributed by atoms with Crippen LogP contribution in [0.1, 0.15) is 110 Å². The standard InChI is InChI=1S/C20H43NO2/c1-4-5-6-7-8-9-10-11-12-13-14-15-16-17-18-19-20-21(22-2)23-3/h4-20H2,1-3H3.